The molecule has 0 aliphatic heterocycles. The highest BCUT2D eigenvalue weighted by Gasteiger charge is 2.16. The lowest BCUT2D eigenvalue weighted by Gasteiger charge is -2.22. The van der Waals surface area contributed by atoms with E-state index in [4.69, 9.17) is 10.00 Å². The minimum atomic E-state index is -0.677. The third-order valence-electron chi connectivity index (χ3n) is 4.06. The lowest BCUT2D eigenvalue weighted by molar-refractivity contribution is -0.138. The number of rotatable bonds is 6. The summed E-state index contributed by atoms with van der Waals surface area (Å²) in [5.41, 5.74) is 1.03. The van der Waals surface area contributed by atoms with Crippen LogP contribution in [0.2, 0.25) is 0 Å². The average molecular weight is 341 g/mol. The molecule has 0 saturated heterocycles. The van der Waals surface area contributed by atoms with Crippen molar-refractivity contribution in [2.24, 2.45) is 0 Å². The molecule has 0 bridgehead atoms. The van der Waals surface area contributed by atoms with Gasteiger partial charge in [0.1, 0.15) is 6.07 Å². The molecule has 0 unspecified atom stereocenters. The summed E-state index contributed by atoms with van der Waals surface area (Å²) in [4.78, 5) is 23.9. The number of amides is 1. The first-order valence-electron chi connectivity index (χ1n) is 8.59. The Balaban J connectivity index is 2.01. The number of hydrogen-bond donors (Lipinski definition) is 2. The van der Waals surface area contributed by atoms with Gasteiger partial charge in [-0.05, 0) is 38.0 Å². The number of hydrogen-bond acceptors (Lipinski definition) is 5. The second kappa shape index (κ2) is 9.48. The Morgan fingerprint density at radius 2 is 2.08 bits per heavy atom. The fraction of sp³-hybridized carbons (Fsp3) is 0.421. The van der Waals surface area contributed by atoms with Gasteiger partial charge < -0.3 is 15.4 Å². The Morgan fingerprint density at radius 1 is 1.32 bits per heavy atom. The van der Waals surface area contributed by atoms with Crippen LogP contribution in [0.1, 0.15) is 49.4 Å². The Bertz CT molecular complexity index is 685. The third-order valence-corrected chi connectivity index (χ3v) is 4.06. The standard InChI is InChI=1S/C19H23N3O3/c1-2-25-19(24)15(12-20)13-21-17-10-6-7-14(11-17)18(23)22-16-8-4-3-5-9-16/h6-7,10-11,13,16,21H,2-5,8-9H2,1H3,(H,22,23)/b15-13+. The van der Waals surface area contributed by atoms with Gasteiger partial charge >= 0.3 is 5.97 Å². The molecule has 2 rings (SSSR count). The van der Waals surface area contributed by atoms with Gasteiger partial charge in [-0.25, -0.2) is 4.79 Å². The monoisotopic (exact) mass is 341 g/mol. The van der Waals surface area contributed by atoms with E-state index in [0.29, 0.717) is 11.3 Å². The zero-order valence-corrected chi connectivity index (χ0v) is 14.4. The van der Waals surface area contributed by atoms with Crippen molar-refractivity contribution >= 4 is 17.6 Å². The molecule has 1 aliphatic carbocycles. The van der Waals surface area contributed by atoms with Crippen molar-refractivity contribution in [1.82, 2.24) is 5.32 Å². The molecular weight excluding hydrogens is 318 g/mol. The van der Waals surface area contributed by atoms with E-state index in [-0.39, 0.29) is 24.1 Å². The van der Waals surface area contributed by atoms with Gasteiger partial charge in [-0.15, -0.1) is 0 Å². The molecule has 1 saturated carbocycles. The minimum Gasteiger partial charge on any atom is -0.462 e. The van der Waals surface area contributed by atoms with Crippen molar-refractivity contribution in [1.29, 1.82) is 5.26 Å². The number of nitrogens with zero attached hydrogens (tertiary/aromatic N) is 1. The lowest BCUT2D eigenvalue weighted by atomic mass is 9.95. The summed E-state index contributed by atoms with van der Waals surface area (Å²) in [5.74, 6) is -0.783. The molecule has 0 aromatic heterocycles. The van der Waals surface area contributed by atoms with Gasteiger partial charge in [0.25, 0.3) is 5.91 Å². The second-order valence-electron chi connectivity index (χ2n) is 5.92. The number of benzene rings is 1. The molecule has 1 fully saturated rings. The van der Waals surface area contributed by atoms with Crippen molar-refractivity contribution in [2.45, 2.75) is 45.1 Å². The van der Waals surface area contributed by atoms with Crippen LogP contribution < -0.4 is 10.6 Å². The molecule has 6 heteroatoms. The van der Waals surface area contributed by atoms with Gasteiger partial charge in [-0.3, -0.25) is 4.79 Å². The molecular formula is C19H23N3O3. The van der Waals surface area contributed by atoms with Crippen molar-refractivity contribution in [3.05, 3.63) is 41.6 Å². The van der Waals surface area contributed by atoms with Crippen LogP contribution in [0.3, 0.4) is 0 Å². The van der Waals surface area contributed by atoms with E-state index in [1.165, 1.54) is 12.6 Å². The summed E-state index contributed by atoms with van der Waals surface area (Å²) in [5, 5.41) is 14.9. The number of ether oxygens (including phenoxy) is 1. The van der Waals surface area contributed by atoms with Crippen LogP contribution in [0.5, 0.6) is 0 Å². The summed E-state index contributed by atoms with van der Waals surface area (Å²) in [6.45, 7) is 1.88. The predicted octanol–water partition coefficient (Wildman–Crippen LogP) is 3.13. The van der Waals surface area contributed by atoms with Gasteiger partial charge in [-0.2, -0.15) is 5.26 Å². The molecule has 0 spiro atoms. The molecule has 1 amide bonds. The topological polar surface area (TPSA) is 91.2 Å². The lowest BCUT2D eigenvalue weighted by Crippen LogP contribution is -2.36. The fourth-order valence-corrected chi connectivity index (χ4v) is 2.77. The van der Waals surface area contributed by atoms with E-state index in [0.717, 1.165) is 25.7 Å². The van der Waals surface area contributed by atoms with E-state index >= 15 is 0 Å². The zero-order chi connectivity index (χ0) is 18.1. The van der Waals surface area contributed by atoms with E-state index in [1.807, 2.05) is 0 Å². The van der Waals surface area contributed by atoms with Gasteiger partial charge in [0, 0.05) is 23.5 Å². The highest BCUT2D eigenvalue weighted by molar-refractivity contribution is 5.95. The third kappa shape index (κ3) is 5.64. The number of nitrogens with one attached hydrogen (secondary N) is 2. The first-order valence-corrected chi connectivity index (χ1v) is 8.59. The van der Waals surface area contributed by atoms with Crippen molar-refractivity contribution in [2.75, 3.05) is 11.9 Å². The van der Waals surface area contributed by atoms with Gasteiger partial charge in [-0.1, -0.05) is 25.3 Å². The van der Waals surface area contributed by atoms with Crippen molar-refractivity contribution in [3.8, 4) is 6.07 Å². The summed E-state index contributed by atoms with van der Waals surface area (Å²) in [7, 11) is 0. The molecule has 1 aliphatic rings. The van der Waals surface area contributed by atoms with Crippen LogP contribution in [-0.2, 0) is 9.53 Å². The molecule has 0 radical (unpaired) electrons. The maximum Gasteiger partial charge on any atom is 0.350 e. The summed E-state index contributed by atoms with van der Waals surface area (Å²) in [6, 6.07) is 8.97. The molecule has 1 aromatic carbocycles. The van der Waals surface area contributed by atoms with Crippen molar-refractivity contribution < 1.29 is 14.3 Å². The van der Waals surface area contributed by atoms with Gasteiger partial charge in [0.2, 0.25) is 0 Å². The Kier molecular flexibility index (Phi) is 7.02. The molecule has 6 nitrogen and oxygen atoms in total. The number of esters is 1. The number of nitriles is 1. The Labute approximate surface area is 147 Å². The second-order valence-corrected chi connectivity index (χ2v) is 5.92. The number of anilines is 1. The van der Waals surface area contributed by atoms with Gasteiger partial charge in [0.05, 0.1) is 6.61 Å². The predicted molar refractivity (Wildman–Crippen MR) is 94.7 cm³/mol. The van der Waals surface area contributed by atoms with Crippen LogP contribution in [0.4, 0.5) is 5.69 Å². The van der Waals surface area contributed by atoms with Crippen LogP contribution in [-0.4, -0.2) is 24.5 Å². The molecule has 0 atom stereocenters. The molecule has 25 heavy (non-hydrogen) atoms. The first kappa shape index (κ1) is 18.5. The maximum absolute atomic E-state index is 12.4. The molecule has 2 N–H and O–H groups in total. The SMILES string of the molecule is CCOC(=O)/C(C#N)=C/Nc1cccc(C(=O)NC2CCCCC2)c1. The Morgan fingerprint density at radius 3 is 2.76 bits per heavy atom. The highest BCUT2D eigenvalue weighted by Crippen LogP contribution is 2.18. The van der Waals surface area contributed by atoms with E-state index in [1.54, 1.807) is 37.3 Å². The normalized spacial score (nSPS) is 15.1. The highest BCUT2D eigenvalue weighted by atomic mass is 16.5. The van der Waals surface area contributed by atoms with Crippen LogP contribution in [0.15, 0.2) is 36.0 Å². The van der Waals surface area contributed by atoms with Crippen LogP contribution in [0.25, 0.3) is 0 Å². The smallest absolute Gasteiger partial charge is 0.350 e. The summed E-state index contributed by atoms with van der Waals surface area (Å²) < 4.78 is 4.80. The summed E-state index contributed by atoms with van der Waals surface area (Å²) in [6.07, 6.45) is 6.88. The summed E-state index contributed by atoms with van der Waals surface area (Å²) >= 11 is 0. The molecule has 132 valence electrons. The van der Waals surface area contributed by atoms with Gasteiger partial charge in [0.15, 0.2) is 5.57 Å². The van der Waals surface area contributed by atoms with E-state index in [9.17, 15) is 9.59 Å². The van der Waals surface area contributed by atoms with Crippen molar-refractivity contribution in [3.63, 3.8) is 0 Å². The molecule has 1 aromatic rings. The number of carbonyl (C=O) groups is 2. The molecule has 0 heterocycles. The fourth-order valence-electron chi connectivity index (χ4n) is 2.77. The average Bonchev–Trinajstić information content (AvgIpc) is 2.63. The first-order chi connectivity index (χ1) is 12.1. The minimum absolute atomic E-state index is 0.106. The number of carbonyl (C=O) groups excluding carboxylic acids is 2. The maximum atomic E-state index is 12.4. The zero-order valence-electron chi connectivity index (χ0n) is 14.4. The van der Waals surface area contributed by atoms with Crippen LogP contribution in [0, 0.1) is 11.3 Å². The largest absolute Gasteiger partial charge is 0.462 e. The van der Waals surface area contributed by atoms with E-state index in [2.05, 4.69) is 10.6 Å². The van der Waals surface area contributed by atoms with E-state index < -0.39 is 5.97 Å². The quantitative estimate of drug-likeness (QED) is 0.471. The van der Waals surface area contributed by atoms with Crippen LogP contribution >= 0.6 is 0 Å². The Hall–Kier alpha value is -2.81.